The molecule has 1 N–H and O–H groups in total. The normalized spacial score (nSPS) is 25.1. The lowest BCUT2D eigenvalue weighted by molar-refractivity contribution is 0.288. The summed E-state index contributed by atoms with van der Waals surface area (Å²) in [6, 6.07) is 0.469. The molecule has 0 aromatic carbocycles. The zero-order valence-corrected chi connectivity index (χ0v) is 10.5. The van der Waals surface area contributed by atoms with Crippen molar-refractivity contribution in [2.75, 3.05) is 37.7 Å². The van der Waals surface area contributed by atoms with Crippen molar-refractivity contribution in [3.63, 3.8) is 0 Å². The van der Waals surface area contributed by atoms with Gasteiger partial charge in [0.2, 0.25) is 0 Å². The summed E-state index contributed by atoms with van der Waals surface area (Å²) in [5, 5.41) is 3.39. The molecule has 4 nitrogen and oxygen atoms in total. The Labute approximate surface area is 93.0 Å². The molecule has 1 aliphatic rings. The Morgan fingerprint density at radius 3 is 2.87 bits per heavy atom. The third kappa shape index (κ3) is 4.95. The van der Waals surface area contributed by atoms with Gasteiger partial charge in [0.25, 0.3) is 0 Å². The van der Waals surface area contributed by atoms with E-state index < -0.39 is 9.84 Å². The second-order valence-corrected chi connectivity index (χ2v) is 6.72. The molecule has 0 bridgehead atoms. The molecule has 0 aromatic rings. The maximum Gasteiger partial charge on any atom is 0.151 e. The van der Waals surface area contributed by atoms with Gasteiger partial charge in [-0.15, -0.1) is 0 Å². The van der Waals surface area contributed by atoms with E-state index >= 15 is 0 Å². The van der Waals surface area contributed by atoms with Crippen LogP contribution in [0.4, 0.5) is 0 Å². The van der Waals surface area contributed by atoms with Crippen LogP contribution >= 0.6 is 0 Å². The molecule has 0 aromatic heterocycles. The van der Waals surface area contributed by atoms with Crippen molar-refractivity contribution in [3.05, 3.63) is 0 Å². The van der Waals surface area contributed by atoms with Gasteiger partial charge in [-0.2, -0.15) is 0 Å². The topological polar surface area (TPSA) is 49.4 Å². The van der Waals surface area contributed by atoms with Crippen LogP contribution in [0.15, 0.2) is 0 Å². The van der Waals surface area contributed by atoms with Crippen molar-refractivity contribution < 1.29 is 8.42 Å². The van der Waals surface area contributed by atoms with Crippen LogP contribution in [0.3, 0.4) is 0 Å². The predicted octanol–water partition coefficient (Wildman–Crippen LogP) is 0.105. The lowest BCUT2D eigenvalue weighted by Crippen LogP contribution is -2.37. The summed E-state index contributed by atoms with van der Waals surface area (Å²) in [7, 11) is -2.81. The largest absolute Gasteiger partial charge is 0.313 e. The summed E-state index contributed by atoms with van der Waals surface area (Å²) in [6.07, 6.45) is 1.11. The monoisotopic (exact) mass is 234 g/mol. The number of sulfone groups is 1. The number of hydrogen-bond donors (Lipinski definition) is 1. The average molecular weight is 234 g/mol. The molecule has 1 saturated heterocycles. The Balaban J connectivity index is 2.37. The number of nitrogens with zero attached hydrogens (tertiary/aromatic N) is 1. The van der Waals surface area contributed by atoms with Gasteiger partial charge in [0, 0.05) is 24.9 Å². The minimum absolute atomic E-state index is 0.259. The summed E-state index contributed by atoms with van der Waals surface area (Å²) >= 11 is 0. The van der Waals surface area contributed by atoms with Gasteiger partial charge in [-0.05, 0) is 26.4 Å². The van der Waals surface area contributed by atoms with Crippen LogP contribution in [0.1, 0.15) is 20.3 Å². The van der Waals surface area contributed by atoms with Gasteiger partial charge in [0.15, 0.2) is 9.84 Å². The van der Waals surface area contributed by atoms with Crippen molar-refractivity contribution in [1.82, 2.24) is 10.2 Å². The zero-order valence-electron chi connectivity index (χ0n) is 9.70. The minimum Gasteiger partial charge on any atom is -0.313 e. The second kappa shape index (κ2) is 5.82. The highest BCUT2D eigenvalue weighted by atomic mass is 32.2. The smallest absolute Gasteiger partial charge is 0.151 e. The Morgan fingerprint density at radius 1 is 1.47 bits per heavy atom. The zero-order chi connectivity index (χ0) is 11.3. The molecule has 1 heterocycles. The minimum atomic E-state index is -2.81. The molecule has 0 aliphatic carbocycles. The van der Waals surface area contributed by atoms with Crippen molar-refractivity contribution in [2.45, 2.75) is 26.3 Å². The summed E-state index contributed by atoms with van der Waals surface area (Å²) in [5.41, 5.74) is 0. The molecule has 90 valence electrons. The first-order valence-corrected chi connectivity index (χ1v) is 7.52. The lowest BCUT2D eigenvalue weighted by atomic mass is 10.3. The van der Waals surface area contributed by atoms with Gasteiger partial charge in [0.1, 0.15) is 0 Å². The van der Waals surface area contributed by atoms with Crippen molar-refractivity contribution in [1.29, 1.82) is 0 Å². The Hall–Kier alpha value is -0.130. The van der Waals surface area contributed by atoms with Crippen molar-refractivity contribution in [3.8, 4) is 0 Å². The van der Waals surface area contributed by atoms with Crippen molar-refractivity contribution in [2.24, 2.45) is 0 Å². The van der Waals surface area contributed by atoms with E-state index in [0.29, 0.717) is 18.3 Å². The van der Waals surface area contributed by atoms with E-state index in [1.165, 1.54) is 0 Å². The predicted molar refractivity (Wildman–Crippen MR) is 62.8 cm³/mol. The summed E-state index contributed by atoms with van der Waals surface area (Å²) in [5.74, 6) is 0.560. The van der Waals surface area contributed by atoms with Gasteiger partial charge >= 0.3 is 0 Å². The average Bonchev–Trinajstić information content (AvgIpc) is 2.40. The Kier molecular flexibility index (Phi) is 5.02. The van der Waals surface area contributed by atoms with Gasteiger partial charge in [-0.1, -0.05) is 6.92 Å². The van der Waals surface area contributed by atoms with E-state index in [1.807, 2.05) is 0 Å². The van der Waals surface area contributed by atoms with E-state index in [4.69, 9.17) is 0 Å². The molecule has 0 amide bonds. The molecule has 1 unspecified atom stereocenters. The first-order chi connectivity index (χ1) is 7.03. The molecule has 0 saturated carbocycles. The quantitative estimate of drug-likeness (QED) is 0.750. The van der Waals surface area contributed by atoms with Gasteiger partial charge in [0.05, 0.1) is 5.75 Å². The summed E-state index contributed by atoms with van der Waals surface area (Å²) in [6.45, 7) is 7.55. The molecule has 1 atom stereocenters. The third-order valence-electron chi connectivity index (χ3n) is 2.83. The van der Waals surface area contributed by atoms with Crippen LogP contribution < -0.4 is 5.32 Å². The molecule has 0 radical (unpaired) electrons. The number of hydrogen-bond acceptors (Lipinski definition) is 4. The van der Waals surface area contributed by atoms with E-state index in [1.54, 1.807) is 6.92 Å². The second-order valence-electron chi connectivity index (χ2n) is 4.25. The molecular weight excluding hydrogens is 212 g/mol. The highest BCUT2D eigenvalue weighted by molar-refractivity contribution is 7.91. The highest BCUT2D eigenvalue weighted by Crippen LogP contribution is 2.01. The molecular formula is C10H22N2O2S. The van der Waals surface area contributed by atoms with Crippen LogP contribution in [0, 0.1) is 0 Å². The molecule has 1 rings (SSSR count). The molecule has 0 spiro atoms. The fraction of sp³-hybridized carbons (Fsp3) is 1.00. The molecule has 1 fully saturated rings. The fourth-order valence-corrected chi connectivity index (χ4v) is 2.63. The van der Waals surface area contributed by atoms with Crippen molar-refractivity contribution >= 4 is 9.84 Å². The van der Waals surface area contributed by atoms with Crippen LogP contribution in [0.25, 0.3) is 0 Å². The van der Waals surface area contributed by atoms with E-state index in [-0.39, 0.29) is 5.75 Å². The van der Waals surface area contributed by atoms with E-state index in [2.05, 4.69) is 17.1 Å². The molecule has 5 heteroatoms. The van der Waals surface area contributed by atoms with Gasteiger partial charge < -0.3 is 10.2 Å². The maximum atomic E-state index is 11.4. The third-order valence-corrected chi connectivity index (χ3v) is 4.52. The van der Waals surface area contributed by atoms with Crippen LogP contribution in [0.2, 0.25) is 0 Å². The summed E-state index contributed by atoms with van der Waals surface area (Å²) in [4.78, 5) is 2.25. The molecule has 1 aliphatic heterocycles. The highest BCUT2D eigenvalue weighted by Gasteiger charge is 2.16. The van der Waals surface area contributed by atoms with E-state index in [0.717, 1.165) is 26.1 Å². The van der Waals surface area contributed by atoms with Crippen LogP contribution in [0.5, 0.6) is 0 Å². The number of nitrogens with one attached hydrogen (secondary N) is 1. The SMILES string of the molecule is CCS(=O)(=O)CCN1CCCNC(C)C1. The fourth-order valence-electron chi connectivity index (χ4n) is 1.81. The first-order valence-electron chi connectivity index (χ1n) is 5.69. The van der Waals surface area contributed by atoms with Gasteiger partial charge in [-0.25, -0.2) is 8.42 Å². The van der Waals surface area contributed by atoms with E-state index in [9.17, 15) is 8.42 Å². The molecule has 15 heavy (non-hydrogen) atoms. The number of rotatable bonds is 4. The van der Waals surface area contributed by atoms with Crippen LogP contribution in [-0.2, 0) is 9.84 Å². The Bertz CT molecular complexity index is 277. The first kappa shape index (κ1) is 12.9. The summed E-state index contributed by atoms with van der Waals surface area (Å²) < 4.78 is 22.7. The lowest BCUT2D eigenvalue weighted by Gasteiger charge is -2.21. The van der Waals surface area contributed by atoms with Crippen LogP contribution in [-0.4, -0.2) is 57.0 Å². The maximum absolute atomic E-state index is 11.4. The van der Waals surface area contributed by atoms with Gasteiger partial charge in [-0.3, -0.25) is 0 Å². The standard InChI is InChI=1S/C10H22N2O2S/c1-3-15(13,14)8-7-12-6-4-5-11-10(2)9-12/h10-11H,3-9H2,1-2H3. The Morgan fingerprint density at radius 2 is 2.20 bits per heavy atom.